The molecular weight excluding hydrogens is 527 g/mol. The molecule has 0 radical (unpaired) electrons. The highest BCUT2D eigenvalue weighted by molar-refractivity contribution is 7.80. The number of aromatic nitrogens is 1. The van der Waals surface area contributed by atoms with Crippen molar-refractivity contribution >= 4 is 52.0 Å². The van der Waals surface area contributed by atoms with E-state index < -0.39 is 23.7 Å². The number of ether oxygens (including phenoxy) is 1. The number of thiazole rings is 1. The lowest BCUT2D eigenvalue weighted by Gasteiger charge is -2.32. The van der Waals surface area contributed by atoms with Gasteiger partial charge in [-0.1, -0.05) is 0 Å². The van der Waals surface area contributed by atoms with Gasteiger partial charge in [0.25, 0.3) is 5.91 Å². The molecule has 2 aliphatic heterocycles. The van der Waals surface area contributed by atoms with Crippen LogP contribution in [0.4, 0.5) is 29.3 Å². The summed E-state index contributed by atoms with van der Waals surface area (Å²) in [7, 11) is 0. The number of amides is 2. The molecule has 2 saturated heterocycles. The van der Waals surface area contributed by atoms with Crippen molar-refractivity contribution in [3.05, 3.63) is 39.8 Å². The highest BCUT2D eigenvalue weighted by atomic mass is 32.1. The predicted octanol–water partition coefficient (Wildman–Crippen LogP) is 5.22. The molecule has 4 rings (SSSR count). The second-order valence-corrected chi connectivity index (χ2v) is 10.1. The molecular formula is C24H28F3N5O3S2. The zero-order chi connectivity index (χ0) is 26.6. The Hall–Kier alpha value is -2.93. The van der Waals surface area contributed by atoms with Gasteiger partial charge in [0.05, 0.1) is 28.6 Å². The van der Waals surface area contributed by atoms with Crippen molar-refractivity contribution in [2.24, 2.45) is 0 Å². The third-order valence-electron chi connectivity index (χ3n) is 6.39. The lowest BCUT2D eigenvalue weighted by atomic mass is 9.98. The molecule has 1 aromatic heterocycles. The molecule has 2 N–H and O–H groups in total. The van der Waals surface area contributed by atoms with Crippen LogP contribution in [0.15, 0.2) is 23.6 Å². The van der Waals surface area contributed by atoms with Crippen LogP contribution in [0.3, 0.4) is 0 Å². The smallest absolute Gasteiger partial charge is 0.416 e. The van der Waals surface area contributed by atoms with E-state index in [0.717, 1.165) is 55.9 Å². The number of nitrogens with zero attached hydrogens (tertiary/aromatic N) is 3. The molecule has 0 spiro atoms. The molecule has 2 aliphatic rings. The van der Waals surface area contributed by atoms with Gasteiger partial charge in [-0.25, -0.2) is 9.78 Å². The lowest BCUT2D eigenvalue weighted by molar-refractivity contribution is -0.137. The lowest BCUT2D eigenvalue weighted by Crippen LogP contribution is -2.46. The maximum atomic E-state index is 13.3. The molecule has 0 atom stereocenters. The van der Waals surface area contributed by atoms with E-state index in [4.69, 9.17) is 17.0 Å². The minimum atomic E-state index is -4.51. The van der Waals surface area contributed by atoms with Gasteiger partial charge in [-0.15, -0.1) is 11.3 Å². The Kier molecular flexibility index (Phi) is 8.53. The van der Waals surface area contributed by atoms with E-state index in [1.807, 2.05) is 9.80 Å². The Morgan fingerprint density at radius 3 is 2.54 bits per heavy atom. The van der Waals surface area contributed by atoms with Crippen LogP contribution in [0.2, 0.25) is 0 Å². The first-order valence-corrected chi connectivity index (χ1v) is 13.4. The number of nitrogens with one attached hydrogen (secondary N) is 2. The van der Waals surface area contributed by atoms with Gasteiger partial charge in [0, 0.05) is 37.5 Å². The number of hydrogen-bond acceptors (Lipinski definition) is 7. The summed E-state index contributed by atoms with van der Waals surface area (Å²) in [6.07, 6.45) is -1.74. The minimum Gasteiger partial charge on any atom is -0.450 e. The normalized spacial score (nSPS) is 16.5. The van der Waals surface area contributed by atoms with Crippen molar-refractivity contribution in [1.29, 1.82) is 0 Å². The topological polar surface area (TPSA) is 86.8 Å². The summed E-state index contributed by atoms with van der Waals surface area (Å²) in [5.41, 5.74) is 0.0693. The van der Waals surface area contributed by atoms with E-state index in [9.17, 15) is 22.8 Å². The van der Waals surface area contributed by atoms with Crippen LogP contribution in [0.5, 0.6) is 0 Å². The summed E-state index contributed by atoms with van der Waals surface area (Å²) in [5.74, 6) is -0.429. The maximum Gasteiger partial charge on any atom is 0.416 e. The van der Waals surface area contributed by atoms with Crippen molar-refractivity contribution in [2.75, 3.05) is 43.0 Å². The number of anilines is 2. The van der Waals surface area contributed by atoms with E-state index in [-0.39, 0.29) is 23.9 Å². The number of piperidine rings is 1. The summed E-state index contributed by atoms with van der Waals surface area (Å²) in [6.45, 7) is 4.65. The summed E-state index contributed by atoms with van der Waals surface area (Å²) in [5, 5.41) is 7.94. The van der Waals surface area contributed by atoms with Crippen LogP contribution < -0.4 is 15.5 Å². The molecule has 3 heterocycles. The Morgan fingerprint density at radius 1 is 1.19 bits per heavy atom. The number of alkyl carbamates (subject to hydrolysis) is 1. The van der Waals surface area contributed by atoms with Crippen molar-refractivity contribution in [2.45, 2.75) is 44.7 Å². The molecule has 0 unspecified atom stereocenters. The van der Waals surface area contributed by atoms with Gasteiger partial charge in [-0.3, -0.25) is 10.1 Å². The van der Waals surface area contributed by atoms with E-state index >= 15 is 0 Å². The number of alkyl halides is 3. The Balaban J connectivity index is 1.41. The van der Waals surface area contributed by atoms with Crippen LogP contribution in [-0.2, 0) is 10.9 Å². The third kappa shape index (κ3) is 6.69. The summed E-state index contributed by atoms with van der Waals surface area (Å²) in [6, 6.07) is 3.46. The molecule has 0 saturated carbocycles. The SMILES string of the molecule is CCOC(=O)NC(=S)N1CCC(c2nc(C(=O)Nc3cc(C(F)(F)F)ccc3N3CCCC3)cs2)CC1. The molecule has 1 aromatic carbocycles. The van der Waals surface area contributed by atoms with Crippen molar-refractivity contribution < 1.29 is 27.5 Å². The summed E-state index contributed by atoms with van der Waals surface area (Å²) < 4.78 is 44.9. The summed E-state index contributed by atoms with van der Waals surface area (Å²) in [4.78, 5) is 33.0. The second-order valence-electron chi connectivity index (χ2n) is 8.86. The Bertz CT molecular complexity index is 1140. The van der Waals surface area contributed by atoms with Crippen molar-refractivity contribution in [1.82, 2.24) is 15.2 Å². The van der Waals surface area contributed by atoms with Crippen molar-refractivity contribution in [3.8, 4) is 0 Å². The average molecular weight is 556 g/mol. The molecule has 2 aromatic rings. The number of halogens is 3. The highest BCUT2D eigenvalue weighted by Gasteiger charge is 2.32. The third-order valence-corrected chi connectivity index (χ3v) is 7.76. The van der Waals surface area contributed by atoms with Gasteiger partial charge < -0.3 is 19.9 Å². The average Bonchev–Trinajstić information content (AvgIpc) is 3.56. The quantitative estimate of drug-likeness (QED) is 0.489. The fourth-order valence-electron chi connectivity index (χ4n) is 4.48. The molecule has 200 valence electrons. The van der Waals surface area contributed by atoms with E-state index in [2.05, 4.69) is 15.6 Å². The standard InChI is InChI=1S/C24H28F3N5O3S2/c1-2-35-23(34)30-22(36)32-11-7-15(8-12-32)21-29-18(14-37-21)20(33)28-17-13-16(24(25,26)27)5-6-19(17)31-9-3-4-10-31/h5-6,13-15H,2-4,7-12H2,1H3,(H,28,33)(H,30,34,36). The molecule has 0 aliphatic carbocycles. The number of thiocarbonyl (C=S) groups is 1. The molecule has 37 heavy (non-hydrogen) atoms. The molecule has 2 amide bonds. The van der Waals surface area contributed by atoms with Crippen LogP contribution in [-0.4, -0.2) is 59.8 Å². The highest BCUT2D eigenvalue weighted by Crippen LogP contribution is 2.37. The van der Waals surface area contributed by atoms with Gasteiger partial charge >= 0.3 is 12.3 Å². The van der Waals surface area contributed by atoms with Gasteiger partial charge in [-0.05, 0) is 63.0 Å². The van der Waals surface area contributed by atoms with Crippen LogP contribution in [0, 0.1) is 0 Å². The zero-order valence-corrected chi connectivity index (χ0v) is 21.9. The Labute approximate surface area is 222 Å². The van der Waals surface area contributed by atoms with E-state index in [1.54, 1.807) is 12.3 Å². The number of likely N-dealkylation sites (tertiary alicyclic amines) is 1. The van der Waals surface area contributed by atoms with Gasteiger partial charge in [-0.2, -0.15) is 13.2 Å². The van der Waals surface area contributed by atoms with Gasteiger partial charge in [0.15, 0.2) is 5.11 Å². The molecule has 2 fully saturated rings. The summed E-state index contributed by atoms with van der Waals surface area (Å²) >= 11 is 6.63. The number of hydrogen-bond donors (Lipinski definition) is 2. The molecule has 0 bridgehead atoms. The first-order valence-electron chi connectivity index (χ1n) is 12.1. The predicted molar refractivity (Wildman–Crippen MR) is 139 cm³/mol. The number of carbonyl (C=O) groups excluding carboxylic acids is 2. The van der Waals surface area contributed by atoms with E-state index in [1.165, 1.54) is 17.4 Å². The minimum absolute atomic E-state index is 0.113. The first kappa shape index (κ1) is 27.1. The number of benzene rings is 1. The van der Waals surface area contributed by atoms with Gasteiger partial charge in [0.2, 0.25) is 0 Å². The van der Waals surface area contributed by atoms with Gasteiger partial charge in [0.1, 0.15) is 5.69 Å². The zero-order valence-electron chi connectivity index (χ0n) is 20.3. The Morgan fingerprint density at radius 2 is 1.89 bits per heavy atom. The van der Waals surface area contributed by atoms with Crippen LogP contribution in [0.25, 0.3) is 0 Å². The number of rotatable bonds is 5. The van der Waals surface area contributed by atoms with Crippen LogP contribution in [0.1, 0.15) is 59.6 Å². The van der Waals surface area contributed by atoms with Crippen LogP contribution >= 0.6 is 23.6 Å². The molecule has 8 nitrogen and oxygen atoms in total. The second kappa shape index (κ2) is 11.6. The fraction of sp³-hybridized carbons (Fsp3) is 0.500. The molecule has 13 heteroatoms. The van der Waals surface area contributed by atoms with E-state index in [0.29, 0.717) is 23.9 Å². The number of carbonyl (C=O) groups is 2. The fourth-order valence-corrected chi connectivity index (χ4v) is 5.71. The monoisotopic (exact) mass is 555 g/mol. The maximum absolute atomic E-state index is 13.3. The largest absolute Gasteiger partial charge is 0.450 e. The first-order chi connectivity index (χ1) is 17.7. The van der Waals surface area contributed by atoms with Crippen molar-refractivity contribution in [3.63, 3.8) is 0 Å².